The van der Waals surface area contributed by atoms with Crippen LogP contribution in [-0.4, -0.2) is 24.6 Å². The predicted molar refractivity (Wildman–Crippen MR) is 162 cm³/mol. The van der Waals surface area contributed by atoms with E-state index in [0.717, 1.165) is 0 Å². The van der Waals surface area contributed by atoms with Crippen LogP contribution in [0, 0.1) is 39.9 Å². The molecule has 0 aromatic heterocycles. The molecule has 0 radical (unpaired) electrons. The van der Waals surface area contributed by atoms with Crippen molar-refractivity contribution in [1.82, 2.24) is 0 Å². The number of unbranched alkanes of at least 4 members (excludes halogenated alkanes) is 16. The van der Waals surface area contributed by atoms with E-state index < -0.39 is 13.2 Å². The smallest absolute Gasteiger partial charge is 0.196 e. The summed E-state index contributed by atoms with van der Waals surface area (Å²) in [6, 6.07) is 4.44. The van der Waals surface area contributed by atoms with E-state index in [1.807, 2.05) is 0 Å². The molecule has 36 heavy (non-hydrogen) atoms. The third-order valence-electron chi connectivity index (χ3n) is 7.33. The van der Waals surface area contributed by atoms with Crippen molar-refractivity contribution in [3.8, 4) is 18.2 Å². The summed E-state index contributed by atoms with van der Waals surface area (Å²) >= 11 is 0. The van der Waals surface area contributed by atoms with Crippen LogP contribution < -0.4 is 0 Å². The highest BCUT2D eigenvalue weighted by molar-refractivity contribution is 7.75. The van der Waals surface area contributed by atoms with Gasteiger partial charge in [0.25, 0.3) is 0 Å². The number of nitriles is 3. The van der Waals surface area contributed by atoms with E-state index in [-0.39, 0.29) is 0 Å². The van der Waals surface area contributed by atoms with E-state index in [1.54, 1.807) is 50.3 Å². The minimum Gasteiger partial charge on any atom is -0.196 e. The van der Waals surface area contributed by atoms with Gasteiger partial charge in [-0.3, -0.25) is 0 Å². The molecule has 0 aliphatic carbocycles. The third kappa shape index (κ3) is 24.6. The van der Waals surface area contributed by atoms with Gasteiger partial charge in [-0.1, -0.05) is 105 Å². The summed E-state index contributed by atoms with van der Waals surface area (Å²) in [6.45, 7) is 9.40. The molecule has 0 aromatic carbocycles. The zero-order valence-corrected chi connectivity index (χ0v) is 25.7. The van der Waals surface area contributed by atoms with Crippen molar-refractivity contribution in [2.45, 2.75) is 156 Å². The highest BCUT2D eigenvalue weighted by atomic mass is 31.2. The second-order valence-electron chi connectivity index (χ2n) is 10.7. The molecule has 0 unspecified atom stereocenters. The second-order valence-corrected chi connectivity index (χ2v) is 15.2. The topological polar surface area (TPSA) is 71.4 Å². The maximum absolute atomic E-state index is 7.83. The molecule has 0 saturated heterocycles. The molecule has 0 heterocycles. The fraction of sp³-hybridized carbons (Fsp3) is 0.906. The molecule has 0 amide bonds. The standard InChI is InChI=1S/C28H60P.C4HN3/c1-5-9-13-17-18-19-20-24-28-29(25-21-14-10-6-2,26-22-15-11-7-3)27-23-16-12-8-4;5-1-4(2-6)3-7/h5-28H2,1-4H3;4H/q+1;. The Hall–Kier alpha value is -1.10. The summed E-state index contributed by atoms with van der Waals surface area (Å²) in [7, 11) is -0.683. The van der Waals surface area contributed by atoms with E-state index in [0.29, 0.717) is 0 Å². The van der Waals surface area contributed by atoms with E-state index in [4.69, 9.17) is 15.8 Å². The van der Waals surface area contributed by atoms with Gasteiger partial charge < -0.3 is 0 Å². The zero-order valence-electron chi connectivity index (χ0n) is 24.8. The number of hydrogen-bond donors (Lipinski definition) is 0. The lowest BCUT2D eigenvalue weighted by molar-refractivity contribution is 0.585. The highest BCUT2D eigenvalue weighted by Gasteiger charge is 2.34. The largest absolute Gasteiger partial charge is 0.218 e. The summed E-state index contributed by atoms with van der Waals surface area (Å²) < 4.78 is 0. The fourth-order valence-electron chi connectivity index (χ4n) is 4.96. The van der Waals surface area contributed by atoms with Gasteiger partial charge in [-0.05, 0) is 51.4 Å². The third-order valence-corrected chi connectivity index (χ3v) is 12.4. The van der Waals surface area contributed by atoms with Crippen LogP contribution in [0.1, 0.15) is 156 Å². The highest BCUT2D eigenvalue weighted by Crippen LogP contribution is 2.61. The number of nitrogens with zero attached hydrogens (tertiary/aromatic N) is 3. The van der Waals surface area contributed by atoms with E-state index in [2.05, 4.69) is 27.7 Å². The summed E-state index contributed by atoms with van der Waals surface area (Å²) in [6.07, 6.45) is 36.1. The molecule has 0 aromatic rings. The van der Waals surface area contributed by atoms with Crippen molar-refractivity contribution >= 4 is 7.26 Å². The molecule has 0 bridgehead atoms. The first-order chi connectivity index (χ1) is 17.6. The maximum atomic E-state index is 7.83. The van der Waals surface area contributed by atoms with Crippen molar-refractivity contribution in [2.75, 3.05) is 24.6 Å². The molecule has 0 rings (SSSR count). The van der Waals surface area contributed by atoms with Crippen LogP contribution in [0.3, 0.4) is 0 Å². The molecule has 0 fully saturated rings. The predicted octanol–water partition coefficient (Wildman–Crippen LogP) is 11.1. The van der Waals surface area contributed by atoms with Gasteiger partial charge in [0.05, 0.1) is 42.9 Å². The Labute approximate surface area is 227 Å². The van der Waals surface area contributed by atoms with E-state index in [9.17, 15) is 0 Å². The Kier molecular flexibility index (Phi) is 31.0. The summed E-state index contributed by atoms with van der Waals surface area (Å²) in [5.74, 6) is -1.10. The molecule has 0 spiro atoms. The molecule has 0 N–H and O–H groups in total. The van der Waals surface area contributed by atoms with Gasteiger partial charge in [0.2, 0.25) is 5.92 Å². The minimum absolute atomic E-state index is 0.683. The molecular formula is C32H61N3P+. The minimum atomic E-state index is -1.10. The Morgan fingerprint density at radius 2 is 0.611 bits per heavy atom. The molecule has 0 saturated carbocycles. The molecular weight excluding hydrogens is 457 g/mol. The lowest BCUT2D eigenvalue weighted by Gasteiger charge is -2.28. The second kappa shape index (κ2) is 30.1. The first-order valence-corrected chi connectivity index (χ1v) is 18.2. The first-order valence-electron chi connectivity index (χ1n) is 15.6. The van der Waals surface area contributed by atoms with Crippen LogP contribution in [-0.2, 0) is 0 Å². The van der Waals surface area contributed by atoms with Gasteiger partial charge in [-0.25, -0.2) is 0 Å². The fourth-order valence-corrected chi connectivity index (χ4v) is 9.88. The number of hydrogen-bond acceptors (Lipinski definition) is 3. The summed E-state index contributed by atoms with van der Waals surface area (Å²) in [4.78, 5) is 0. The Morgan fingerprint density at radius 3 is 0.833 bits per heavy atom. The molecule has 4 heteroatoms. The molecule has 3 nitrogen and oxygen atoms in total. The van der Waals surface area contributed by atoms with Crippen LogP contribution in [0.4, 0.5) is 0 Å². The Morgan fingerprint density at radius 1 is 0.389 bits per heavy atom. The molecule has 208 valence electrons. The van der Waals surface area contributed by atoms with Crippen LogP contribution in [0.25, 0.3) is 0 Å². The molecule has 0 aliphatic heterocycles. The summed E-state index contributed by atoms with van der Waals surface area (Å²) in [5.41, 5.74) is 0. The van der Waals surface area contributed by atoms with Crippen molar-refractivity contribution in [3.05, 3.63) is 0 Å². The van der Waals surface area contributed by atoms with Gasteiger partial charge >= 0.3 is 0 Å². The molecule has 0 atom stereocenters. The zero-order chi connectivity index (χ0) is 27.2. The van der Waals surface area contributed by atoms with E-state index in [1.165, 1.54) is 121 Å². The first kappa shape index (κ1) is 37.1. The van der Waals surface area contributed by atoms with Gasteiger partial charge in [-0.15, -0.1) is 0 Å². The van der Waals surface area contributed by atoms with Gasteiger partial charge in [0.1, 0.15) is 0 Å². The maximum Gasteiger partial charge on any atom is 0.218 e. The van der Waals surface area contributed by atoms with Crippen molar-refractivity contribution in [1.29, 1.82) is 15.8 Å². The van der Waals surface area contributed by atoms with Crippen LogP contribution in [0.5, 0.6) is 0 Å². The van der Waals surface area contributed by atoms with Crippen molar-refractivity contribution in [3.63, 3.8) is 0 Å². The SMILES string of the molecule is CCCCCCCCCC[P+](CCCCCC)(CCCCCC)CCCCCC.N#CC(C#N)C#N. The van der Waals surface area contributed by atoms with Crippen molar-refractivity contribution in [2.24, 2.45) is 5.92 Å². The number of rotatable bonds is 24. The van der Waals surface area contributed by atoms with Crippen LogP contribution in [0.2, 0.25) is 0 Å². The van der Waals surface area contributed by atoms with Gasteiger partial charge in [0.15, 0.2) is 0 Å². The lowest BCUT2D eigenvalue weighted by Crippen LogP contribution is -2.13. The normalized spacial score (nSPS) is 10.8. The van der Waals surface area contributed by atoms with Crippen molar-refractivity contribution < 1.29 is 0 Å². The Bertz CT molecular complexity index is 505. The summed E-state index contributed by atoms with van der Waals surface area (Å²) in [5, 5.41) is 23.5. The lowest BCUT2D eigenvalue weighted by atomic mass is 10.1. The monoisotopic (exact) mass is 518 g/mol. The average molecular weight is 519 g/mol. The van der Waals surface area contributed by atoms with Crippen LogP contribution >= 0.6 is 7.26 Å². The van der Waals surface area contributed by atoms with Gasteiger partial charge in [-0.2, -0.15) is 15.8 Å². The quantitative estimate of drug-likeness (QED) is 0.0942. The molecule has 0 aliphatic rings. The average Bonchev–Trinajstić information content (AvgIpc) is 2.90. The van der Waals surface area contributed by atoms with E-state index >= 15 is 0 Å². The van der Waals surface area contributed by atoms with Crippen LogP contribution in [0.15, 0.2) is 0 Å². The Balaban J connectivity index is 0. The van der Waals surface area contributed by atoms with Gasteiger partial charge in [0, 0.05) is 7.26 Å².